The number of nitrogens with zero attached hydrogens (tertiary/aromatic N) is 3. The van der Waals surface area contributed by atoms with Gasteiger partial charge in [0.25, 0.3) is 5.91 Å². The Morgan fingerprint density at radius 2 is 1.81 bits per heavy atom. The van der Waals surface area contributed by atoms with E-state index in [-0.39, 0.29) is 5.91 Å². The predicted octanol–water partition coefficient (Wildman–Crippen LogP) is 4.63. The van der Waals surface area contributed by atoms with Crippen molar-refractivity contribution in [3.8, 4) is 17.2 Å². The lowest BCUT2D eigenvalue weighted by molar-refractivity contribution is 0.102. The van der Waals surface area contributed by atoms with Crippen molar-refractivity contribution >= 4 is 22.6 Å². The molecule has 32 heavy (non-hydrogen) atoms. The highest BCUT2D eigenvalue weighted by Gasteiger charge is 2.29. The summed E-state index contributed by atoms with van der Waals surface area (Å²) < 4.78 is 13.1. The summed E-state index contributed by atoms with van der Waals surface area (Å²) in [6.45, 7) is 2.95. The average molecular weight is 426 g/mol. The highest BCUT2D eigenvalue weighted by Crippen LogP contribution is 2.41. The number of rotatable bonds is 4. The van der Waals surface area contributed by atoms with Crippen LogP contribution < -0.4 is 14.8 Å². The van der Waals surface area contributed by atoms with Crippen LogP contribution in [0.4, 0.5) is 5.69 Å². The summed E-state index contributed by atoms with van der Waals surface area (Å²) in [5.74, 6) is 1.54. The normalized spacial score (nSPS) is 15.0. The lowest BCUT2D eigenvalue weighted by atomic mass is 10.1. The Labute approximate surface area is 185 Å². The summed E-state index contributed by atoms with van der Waals surface area (Å²) in [6, 6.07) is 17.3. The summed E-state index contributed by atoms with van der Waals surface area (Å²) in [5, 5.41) is 8.52. The topological polar surface area (TPSA) is 78.3 Å². The van der Waals surface area contributed by atoms with Crippen molar-refractivity contribution in [2.24, 2.45) is 0 Å². The quantitative estimate of drug-likeness (QED) is 0.515. The van der Waals surface area contributed by atoms with Crippen LogP contribution in [0.5, 0.6) is 11.5 Å². The zero-order chi connectivity index (χ0) is 21.7. The molecular weight excluding hydrogens is 404 g/mol. The van der Waals surface area contributed by atoms with Crippen molar-refractivity contribution in [2.75, 3.05) is 18.5 Å². The number of hydrogen-bond donors (Lipinski definition) is 1. The fourth-order valence-corrected chi connectivity index (χ4v) is 4.14. The highest BCUT2D eigenvalue weighted by molar-refractivity contribution is 6.13. The molecule has 1 fully saturated rings. The zero-order valence-corrected chi connectivity index (χ0v) is 17.7. The van der Waals surface area contributed by atoms with Gasteiger partial charge in [0.2, 0.25) is 0 Å². The van der Waals surface area contributed by atoms with Gasteiger partial charge in [0.1, 0.15) is 13.2 Å². The molecule has 160 valence electrons. The lowest BCUT2D eigenvalue weighted by Gasteiger charge is -2.19. The van der Waals surface area contributed by atoms with Gasteiger partial charge in [-0.2, -0.15) is 5.10 Å². The van der Waals surface area contributed by atoms with Crippen LogP contribution in [0.3, 0.4) is 0 Å². The van der Waals surface area contributed by atoms with Crippen LogP contribution in [0.25, 0.3) is 16.7 Å². The van der Waals surface area contributed by atoms with Gasteiger partial charge in [-0.1, -0.05) is 18.2 Å². The molecule has 1 aliphatic heterocycles. The second kappa shape index (κ2) is 7.37. The number of pyridine rings is 1. The molecule has 1 saturated carbocycles. The molecule has 6 rings (SSSR count). The largest absolute Gasteiger partial charge is 0.486 e. The van der Waals surface area contributed by atoms with Crippen LogP contribution in [-0.2, 0) is 0 Å². The molecular formula is C25H22N4O3. The fourth-order valence-electron chi connectivity index (χ4n) is 4.14. The van der Waals surface area contributed by atoms with Gasteiger partial charge in [0.15, 0.2) is 17.1 Å². The maximum Gasteiger partial charge on any atom is 0.256 e. The number of nitrogens with one attached hydrogen (secondary N) is 1. The number of anilines is 1. The smallest absolute Gasteiger partial charge is 0.256 e. The number of ether oxygens (including phenoxy) is 2. The minimum absolute atomic E-state index is 0.188. The van der Waals surface area contributed by atoms with E-state index in [1.807, 2.05) is 60.1 Å². The Hall–Kier alpha value is -3.87. The van der Waals surface area contributed by atoms with Gasteiger partial charge in [-0.05, 0) is 50.1 Å². The number of amides is 1. The van der Waals surface area contributed by atoms with Crippen molar-refractivity contribution in [3.63, 3.8) is 0 Å². The van der Waals surface area contributed by atoms with Gasteiger partial charge in [-0.15, -0.1) is 0 Å². The third-order valence-electron chi connectivity index (χ3n) is 5.87. The highest BCUT2D eigenvalue weighted by atomic mass is 16.6. The SMILES string of the molecule is Cc1nn(-c2ccccc2)c2nc(C3CC3)cc(C(=O)Nc3ccc4c(c3)OCCO4)c12. The molecule has 0 bridgehead atoms. The third kappa shape index (κ3) is 3.26. The van der Waals surface area contributed by atoms with Crippen LogP contribution in [0.1, 0.15) is 40.5 Å². The van der Waals surface area contributed by atoms with E-state index in [0.717, 1.165) is 35.3 Å². The maximum atomic E-state index is 13.4. The van der Waals surface area contributed by atoms with Crippen molar-refractivity contribution in [1.29, 1.82) is 0 Å². The maximum absolute atomic E-state index is 13.4. The molecule has 0 spiro atoms. The molecule has 3 heterocycles. The summed E-state index contributed by atoms with van der Waals surface area (Å²) in [4.78, 5) is 18.4. The molecule has 1 N–H and O–H groups in total. The van der Waals surface area contributed by atoms with E-state index in [1.165, 1.54) is 0 Å². The molecule has 2 aromatic carbocycles. The van der Waals surface area contributed by atoms with Crippen LogP contribution >= 0.6 is 0 Å². The summed E-state index contributed by atoms with van der Waals surface area (Å²) in [5.41, 5.74) is 4.60. The van der Waals surface area contributed by atoms with Crippen LogP contribution in [0.2, 0.25) is 0 Å². The fraction of sp³-hybridized carbons (Fsp3) is 0.240. The number of carbonyl (C=O) groups excluding carboxylic acids is 1. The first-order valence-electron chi connectivity index (χ1n) is 10.8. The molecule has 0 radical (unpaired) electrons. The molecule has 0 atom stereocenters. The summed E-state index contributed by atoms with van der Waals surface area (Å²) >= 11 is 0. The van der Waals surface area contributed by atoms with E-state index in [9.17, 15) is 4.79 Å². The van der Waals surface area contributed by atoms with Crippen molar-refractivity contribution in [3.05, 3.63) is 71.5 Å². The Balaban J connectivity index is 1.44. The van der Waals surface area contributed by atoms with E-state index in [1.54, 1.807) is 6.07 Å². The summed E-state index contributed by atoms with van der Waals surface area (Å²) in [6.07, 6.45) is 2.19. The average Bonchev–Trinajstić information content (AvgIpc) is 3.63. The van der Waals surface area contributed by atoms with Crippen molar-refractivity contribution in [1.82, 2.24) is 14.8 Å². The number of aryl methyl sites for hydroxylation is 1. The molecule has 0 saturated heterocycles. The minimum Gasteiger partial charge on any atom is -0.486 e. The minimum atomic E-state index is -0.188. The van der Waals surface area contributed by atoms with E-state index in [4.69, 9.17) is 19.6 Å². The molecule has 1 aliphatic carbocycles. The number of aromatic nitrogens is 3. The van der Waals surface area contributed by atoms with Gasteiger partial charge in [-0.3, -0.25) is 4.79 Å². The van der Waals surface area contributed by atoms with E-state index in [2.05, 4.69) is 5.32 Å². The first kappa shape index (κ1) is 18.9. The standard InChI is InChI=1S/C25H22N4O3/c1-15-23-19(25(30)26-17-9-10-21-22(13-17)32-12-11-31-21)14-20(16-7-8-16)27-24(23)29(28-15)18-5-3-2-4-6-18/h2-6,9-10,13-14,16H,7-8,11-12H2,1H3,(H,26,30). The molecule has 0 unspecified atom stereocenters. The lowest BCUT2D eigenvalue weighted by Crippen LogP contribution is -2.17. The van der Waals surface area contributed by atoms with Gasteiger partial charge in [-0.25, -0.2) is 9.67 Å². The Morgan fingerprint density at radius 1 is 1.03 bits per heavy atom. The molecule has 4 aromatic rings. The van der Waals surface area contributed by atoms with E-state index < -0.39 is 0 Å². The number of carbonyl (C=O) groups is 1. The predicted molar refractivity (Wildman–Crippen MR) is 121 cm³/mol. The van der Waals surface area contributed by atoms with Gasteiger partial charge in [0, 0.05) is 23.4 Å². The Morgan fingerprint density at radius 3 is 2.59 bits per heavy atom. The number of fused-ring (bicyclic) bond motifs is 2. The van der Waals surface area contributed by atoms with E-state index in [0.29, 0.717) is 47.5 Å². The zero-order valence-electron chi connectivity index (χ0n) is 17.7. The first-order chi connectivity index (χ1) is 15.7. The van der Waals surface area contributed by atoms with Crippen LogP contribution in [0.15, 0.2) is 54.6 Å². The Bertz CT molecular complexity index is 1340. The second-order valence-electron chi connectivity index (χ2n) is 8.21. The number of benzene rings is 2. The molecule has 2 aromatic heterocycles. The Kier molecular flexibility index (Phi) is 4.35. The molecule has 7 nitrogen and oxygen atoms in total. The number of para-hydroxylation sites is 1. The molecule has 7 heteroatoms. The molecule has 2 aliphatic rings. The van der Waals surface area contributed by atoms with Crippen LogP contribution in [-0.4, -0.2) is 33.9 Å². The second-order valence-corrected chi connectivity index (χ2v) is 8.21. The van der Waals surface area contributed by atoms with Gasteiger partial charge < -0.3 is 14.8 Å². The van der Waals surface area contributed by atoms with Crippen LogP contribution in [0, 0.1) is 6.92 Å². The van der Waals surface area contributed by atoms with Crippen molar-refractivity contribution < 1.29 is 14.3 Å². The first-order valence-corrected chi connectivity index (χ1v) is 10.8. The summed E-state index contributed by atoms with van der Waals surface area (Å²) in [7, 11) is 0. The molecule has 1 amide bonds. The van der Waals surface area contributed by atoms with Gasteiger partial charge in [0.05, 0.1) is 22.3 Å². The third-order valence-corrected chi connectivity index (χ3v) is 5.87. The number of hydrogen-bond acceptors (Lipinski definition) is 5. The monoisotopic (exact) mass is 426 g/mol. The van der Waals surface area contributed by atoms with E-state index >= 15 is 0 Å². The van der Waals surface area contributed by atoms with Crippen molar-refractivity contribution in [2.45, 2.75) is 25.7 Å². The van der Waals surface area contributed by atoms with Gasteiger partial charge >= 0.3 is 0 Å².